The van der Waals surface area contributed by atoms with Crippen LogP contribution >= 0.6 is 0 Å². The number of carbonyl (C=O) groups is 1. The third-order valence-electron chi connectivity index (χ3n) is 0. The zero-order valence-electron chi connectivity index (χ0n) is 6.46. The van der Waals surface area contributed by atoms with E-state index in [1.807, 2.05) is 0 Å². The molecule has 0 aliphatic carbocycles. The summed E-state index contributed by atoms with van der Waals surface area (Å²) in [7, 11) is -5.61. The topological polar surface area (TPSA) is 109 Å². The number of ketones is 1. The molecule has 5 nitrogen and oxygen atoms in total. The van der Waals surface area contributed by atoms with Crippen LogP contribution in [0.1, 0.15) is 13.8 Å². The normalized spacial score (nSPS) is 7.82. The van der Waals surface area contributed by atoms with Gasteiger partial charge in [-0.1, -0.05) is 0 Å². The van der Waals surface area contributed by atoms with Gasteiger partial charge in [0.1, 0.15) is 5.78 Å². The van der Waals surface area contributed by atoms with Gasteiger partial charge in [0.05, 0.1) is 0 Å². The zero-order valence-corrected chi connectivity index (χ0v) is 11.9. The van der Waals surface area contributed by atoms with E-state index in [4.69, 9.17) is 19.2 Å². The van der Waals surface area contributed by atoms with Gasteiger partial charge in [-0.05, 0) is 13.8 Å². The first-order chi connectivity index (χ1) is 3.73. The number of carbonyl (C=O) groups excluding carboxylic acids is 1. The van der Waals surface area contributed by atoms with E-state index in [1.165, 1.54) is 13.8 Å². The van der Waals surface area contributed by atoms with Gasteiger partial charge in [-0.15, -0.1) is 0 Å². The second-order valence-corrected chi connectivity index (χ2v) is 2.41. The Bertz CT molecular complexity index is 82.2. The third kappa shape index (κ3) is 255. The van der Waals surface area contributed by atoms with Gasteiger partial charge in [-0.2, -0.15) is 0 Å². The van der Waals surface area contributed by atoms with E-state index < -0.39 is 9.05 Å². The molecule has 0 amide bonds. The first-order valence-corrected chi connectivity index (χ1v) is 3.65. The van der Waals surface area contributed by atoms with Crippen LogP contribution < -0.4 is 19.2 Å². The molecule has 0 saturated heterocycles. The molecule has 0 radical (unpaired) electrons. The predicted molar refractivity (Wildman–Crippen MR) is 33.6 cm³/mol. The number of Topliss-reactive ketones (excluding diaryl/α,β-unsaturated/α-hetero) is 1. The second-order valence-electron chi connectivity index (χ2n) is 1.41. The molecule has 8 heteroatoms. The van der Waals surface area contributed by atoms with Crippen molar-refractivity contribution in [3.63, 3.8) is 0 Å². The Labute approximate surface area is 126 Å². The monoisotopic (exact) mass is 230 g/mol. The molecular formula is C3H6Ca2O5Si. The number of rotatable bonds is 0. The van der Waals surface area contributed by atoms with E-state index in [-0.39, 0.29) is 81.3 Å². The average Bonchev–Trinajstić information content (AvgIpc) is 1.19. The molecule has 0 heterocycles. The molecule has 0 atom stereocenters. The van der Waals surface area contributed by atoms with Gasteiger partial charge in [-0.3, -0.25) is 0 Å². The first-order valence-electron chi connectivity index (χ1n) is 2.02. The van der Waals surface area contributed by atoms with Crippen LogP contribution in [-0.4, -0.2) is 90.3 Å². The quantitative estimate of drug-likeness (QED) is 0.386. The van der Waals surface area contributed by atoms with E-state index in [2.05, 4.69) is 0 Å². The maximum atomic E-state index is 9.44. The molecule has 0 spiro atoms. The van der Waals surface area contributed by atoms with Crippen LogP contribution in [0.2, 0.25) is 0 Å². The van der Waals surface area contributed by atoms with Crippen molar-refractivity contribution in [3.05, 3.63) is 0 Å². The van der Waals surface area contributed by atoms with Crippen LogP contribution in [0.15, 0.2) is 0 Å². The Kier molecular flexibility index (Phi) is 25.9. The van der Waals surface area contributed by atoms with Crippen LogP contribution in [0.25, 0.3) is 0 Å². The summed E-state index contributed by atoms with van der Waals surface area (Å²) in [6, 6.07) is 0. The molecule has 0 N–H and O–H groups in total. The fourth-order valence-corrected chi connectivity index (χ4v) is 0. The molecule has 0 aliphatic heterocycles. The Morgan fingerprint density at radius 2 is 1.00 bits per heavy atom. The van der Waals surface area contributed by atoms with Crippen molar-refractivity contribution in [1.29, 1.82) is 0 Å². The minimum Gasteiger partial charge on any atom is -0.894 e. The van der Waals surface area contributed by atoms with Crippen molar-refractivity contribution in [2.24, 2.45) is 0 Å². The van der Waals surface area contributed by atoms with Gasteiger partial charge in [0.15, 0.2) is 0 Å². The molecule has 0 aromatic rings. The molecule has 11 heavy (non-hydrogen) atoms. The summed E-state index contributed by atoms with van der Waals surface area (Å²) >= 11 is 0. The summed E-state index contributed by atoms with van der Waals surface area (Å²) < 4.78 is 0. The first kappa shape index (κ1) is 23.2. The molecule has 0 aromatic heterocycles. The van der Waals surface area contributed by atoms with E-state index in [1.54, 1.807) is 0 Å². The summed E-state index contributed by atoms with van der Waals surface area (Å²) in [6.07, 6.45) is 0. The zero-order chi connectivity index (χ0) is 8.08. The maximum absolute atomic E-state index is 9.44. The van der Waals surface area contributed by atoms with Crippen LogP contribution in [0.4, 0.5) is 0 Å². The summed E-state index contributed by atoms with van der Waals surface area (Å²) in [5.74, 6) is 0.167. The Hall–Kier alpha value is 2.25. The summed E-state index contributed by atoms with van der Waals surface area (Å²) in [4.78, 5) is 43.8. The fourth-order valence-electron chi connectivity index (χ4n) is 0. The molecule has 0 saturated carbocycles. The molecule has 0 unspecified atom stereocenters. The minimum atomic E-state index is -5.61. The summed E-state index contributed by atoms with van der Waals surface area (Å²) in [5.41, 5.74) is 0. The standard InChI is InChI=1S/C3H6O.2Ca.O4Si/c1-3(2)4;;;1-5(2,3)4/h1-2H3;;;/q;2*+2;-4. The third-order valence-corrected chi connectivity index (χ3v) is 0. The molecule has 0 bridgehead atoms. The molecule has 56 valence electrons. The van der Waals surface area contributed by atoms with Crippen molar-refractivity contribution >= 4 is 90.3 Å². The van der Waals surface area contributed by atoms with Crippen LogP contribution in [0, 0.1) is 0 Å². The Balaban J connectivity index is -0.0000000383. The van der Waals surface area contributed by atoms with E-state index >= 15 is 0 Å². The molecule has 0 aromatic carbocycles. The Morgan fingerprint density at radius 3 is 1.00 bits per heavy atom. The number of hydrogen-bond acceptors (Lipinski definition) is 5. The molecule has 0 rings (SSSR count). The second kappa shape index (κ2) is 12.2. The summed E-state index contributed by atoms with van der Waals surface area (Å²) in [6.45, 7) is 3.06. The van der Waals surface area contributed by atoms with Gasteiger partial charge in [-0.25, -0.2) is 0 Å². The molecule has 0 aliphatic rings. The van der Waals surface area contributed by atoms with Crippen molar-refractivity contribution in [2.75, 3.05) is 0 Å². The fraction of sp³-hybridized carbons (Fsp3) is 0.667. The van der Waals surface area contributed by atoms with Crippen LogP contribution in [0.3, 0.4) is 0 Å². The van der Waals surface area contributed by atoms with E-state index in [9.17, 15) is 4.79 Å². The summed E-state index contributed by atoms with van der Waals surface area (Å²) in [5, 5.41) is 0. The largest absolute Gasteiger partial charge is 2.00 e. The van der Waals surface area contributed by atoms with Gasteiger partial charge < -0.3 is 33.0 Å². The van der Waals surface area contributed by atoms with E-state index in [0.29, 0.717) is 0 Å². The van der Waals surface area contributed by atoms with Crippen LogP contribution in [-0.2, 0) is 4.79 Å². The number of hydrogen-bond donors (Lipinski definition) is 0. The van der Waals surface area contributed by atoms with Gasteiger partial charge >= 0.3 is 75.5 Å². The molecule has 0 fully saturated rings. The maximum Gasteiger partial charge on any atom is 2.00 e. The molecular weight excluding hydrogens is 224 g/mol. The van der Waals surface area contributed by atoms with E-state index in [0.717, 1.165) is 0 Å². The Morgan fingerprint density at radius 1 is 1.00 bits per heavy atom. The van der Waals surface area contributed by atoms with Crippen molar-refractivity contribution < 1.29 is 24.0 Å². The van der Waals surface area contributed by atoms with Gasteiger partial charge in [0, 0.05) is 0 Å². The van der Waals surface area contributed by atoms with Crippen LogP contribution in [0.5, 0.6) is 0 Å². The van der Waals surface area contributed by atoms with Crippen molar-refractivity contribution in [1.82, 2.24) is 0 Å². The predicted octanol–water partition coefficient (Wildman–Crippen LogP) is -5.30. The van der Waals surface area contributed by atoms with Crippen molar-refractivity contribution in [3.8, 4) is 0 Å². The van der Waals surface area contributed by atoms with Crippen molar-refractivity contribution in [2.45, 2.75) is 13.8 Å². The van der Waals surface area contributed by atoms with Gasteiger partial charge in [0.25, 0.3) is 0 Å². The minimum absolute atomic E-state index is 0. The SMILES string of the molecule is CC(C)=O.[Ca+2].[Ca+2].[O-][Si]([O-])([O-])[O-]. The smallest absolute Gasteiger partial charge is 0.894 e. The van der Waals surface area contributed by atoms with Gasteiger partial charge in [0.2, 0.25) is 0 Å². The average molecular weight is 230 g/mol.